The number of fused-ring (bicyclic) bond motifs is 4. The Morgan fingerprint density at radius 1 is 0.962 bits per heavy atom. The van der Waals surface area contributed by atoms with Crippen LogP contribution in [-0.4, -0.2) is 19.2 Å². The van der Waals surface area contributed by atoms with E-state index < -0.39 is 0 Å². The molecule has 6 heteroatoms. The van der Waals surface area contributed by atoms with Gasteiger partial charge in [0.1, 0.15) is 0 Å². The zero-order valence-electron chi connectivity index (χ0n) is 13.8. The molecule has 126 valence electrons. The molecule has 0 aliphatic heterocycles. The summed E-state index contributed by atoms with van der Waals surface area (Å²) >= 11 is 3.44. The molecule has 3 aromatic heterocycles. The van der Waals surface area contributed by atoms with Gasteiger partial charge in [-0.1, -0.05) is 33.6 Å². The molecule has 0 saturated heterocycles. The smallest absolute Gasteiger partial charge is 0.267 e. The average Bonchev–Trinajstić information content (AvgIpc) is 2.98. The van der Waals surface area contributed by atoms with Crippen molar-refractivity contribution in [2.75, 3.05) is 0 Å². The first-order chi connectivity index (χ1) is 12.6. The fourth-order valence-electron chi connectivity index (χ4n) is 3.27. The first-order valence-electron chi connectivity index (χ1n) is 8.18. The number of hydrogen-bond donors (Lipinski definition) is 0. The molecule has 26 heavy (non-hydrogen) atoms. The molecule has 0 unspecified atom stereocenters. The molecule has 0 bridgehead atoms. The van der Waals surface area contributed by atoms with Gasteiger partial charge < -0.3 is 0 Å². The van der Waals surface area contributed by atoms with E-state index in [1.165, 1.54) is 0 Å². The van der Waals surface area contributed by atoms with Crippen LogP contribution in [0.15, 0.2) is 70.1 Å². The Hall–Kier alpha value is -2.99. The van der Waals surface area contributed by atoms with E-state index in [-0.39, 0.29) is 5.56 Å². The highest BCUT2D eigenvalue weighted by atomic mass is 79.9. The lowest BCUT2D eigenvalue weighted by molar-refractivity contribution is 0.786. The third kappa shape index (κ3) is 2.12. The Labute approximate surface area is 156 Å². The number of halogens is 1. The van der Waals surface area contributed by atoms with Crippen LogP contribution in [-0.2, 0) is 0 Å². The molecule has 0 N–H and O–H groups in total. The molecule has 0 radical (unpaired) electrons. The molecule has 5 rings (SSSR count). The van der Waals surface area contributed by atoms with E-state index >= 15 is 0 Å². The van der Waals surface area contributed by atoms with Crippen LogP contribution < -0.4 is 5.56 Å². The number of aromatic nitrogens is 4. The van der Waals surface area contributed by atoms with Gasteiger partial charge in [-0.25, -0.2) is 14.6 Å². The first-order valence-corrected chi connectivity index (χ1v) is 8.97. The van der Waals surface area contributed by atoms with E-state index in [2.05, 4.69) is 20.9 Å². The zero-order valence-corrected chi connectivity index (χ0v) is 15.4. The summed E-state index contributed by atoms with van der Waals surface area (Å²) in [4.78, 5) is 22.6. The van der Waals surface area contributed by atoms with Crippen molar-refractivity contribution in [3.05, 3.63) is 81.2 Å². The third-order valence-electron chi connectivity index (χ3n) is 4.52. The fraction of sp³-hybridized carbons (Fsp3) is 0.0500. The van der Waals surface area contributed by atoms with E-state index in [4.69, 9.17) is 4.98 Å². The predicted molar refractivity (Wildman–Crippen MR) is 106 cm³/mol. The van der Waals surface area contributed by atoms with Gasteiger partial charge in [-0.2, -0.15) is 4.52 Å². The SMILES string of the molecule is Cc1ccc(-n2c3ncccc3c3nc4ccc(Br)cc4c(=O)n32)cc1. The van der Waals surface area contributed by atoms with Crippen LogP contribution in [0, 0.1) is 6.92 Å². The summed E-state index contributed by atoms with van der Waals surface area (Å²) in [5.74, 6) is 0. The van der Waals surface area contributed by atoms with Crippen LogP contribution >= 0.6 is 15.9 Å². The lowest BCUT2D eigenvalue weighted by Gasteiger charge is -2.08. The van der Waals surface area contributed by atoms with E-state index in [9.17, 15) is 4.79 Å². The topological polar surface area (TPSA) is 52.2 Å². The molecule has 5 aromatic rings. The molecule has 0 spiro atoms. The molecule has 3 heterocycles. The van der Waals surface area contributed by atoms with Crippen LogP contribution in [0.4, 0.5) is 0 Å². The maximum Gasteiger partial charge on any atom is 0.281 e. The van der Waals surface area contributed by atoms with Crippen molar-refractivity contribution in [3.8, 4) is 5.69 Å². The molecular weight excluding hydrogens is 392 g/mol. The van der Waals surface area contributed by atoms with Crippen LogP contribution in [0.25, 0.3) is 33.3 Å². The maximum absolute atomic E-state index is 13.3. The molecule has 0 atom stereocenters. The number of benzene rings is 2. The van der Waals surface area contributed by atoms with E-state index in [1.807, 2.05) is 66.2 Å². The molecule has 0 aliphatic rings. The number of rotatable bonds is 1. The minimum absolute atomic E-state index is 0.120. The highest BCUT2D eigenvalue weighted by Gasteiger charge is 2.17. The third-order valence-corrected chi connectivity index (χ3v) is 5.01. The van der Waals surface area contributed by atoms with Crippen molar-refractivity contribution in [1.82, 2.24) is 19.2 Å². The average molecular weight is 405 g/mol. The Bertz CT molecular complexity index is 1370. The second-order valence-electron chi connectivity index (χ2n) is 6.24. The Morgan fingerprint density at radius 2 is 1.77 bits per heavy atom. The van der Waals surface area contributed by atoms with E-state index in [1.54, 1.807) is 10.7 Å². The molecular formula is C20H13BrN4O. The van der Waals surface area contributed by atoms with Crippen LogP contribution in [0.5, 0.6) is 0 Å². The van der Waals surface area contributed by atoms with Gasteiger partial charge in [-0.05, 0) is 49.4 Å². The summed E-state index contributed by atoms with van der Waals surface area (Å²) in [6.45, 7) is 2.03. The monoisotopic (exact) mass is 404 g/mol. The minimum atomic E-state index is -0.120. The van der Waals surface area contributed by atoms with Gasteiger partial charge in [0.15, 0.2) is 11.3 Å². The molecule has 2 aromatic carbocycles. The zero-order chi connectivity index (χ0) is 17.8. The van der Waals surface area contributed by atoms with Crippen LogP contribution in [0.2, 0.25) is 0 Å². The van der Waals surface area contributed by atoms with Gasteiger partial charge in [0, 0.05) is 10.7 Å². The summed E-state index contributed by atoms with van der Waals surface area (Å²) in [6, 6.07) is 17.4. The minimum Gasteiger partial charge on any atom is -0.267 e. The second kappa shape index (κ2) is 5.51. The fourth-order valence-corrected chi connectivity index (χ4v) is 3.63. The first kappa shape index (κ1) is 15.3. The van der Waals surface area contributed by atoms with Crippen LogP contribution in [0.3, 0.4) is 0 Å². The molecule has 0 saturated carbocycles. The number of aryl methyl sites for hydroxylation is 1. The van der Waals surface area contributed by atoms with Crippen molar-refractivity contribution in [1.29, 1.82) is 0 Å². The number of pyridine rings is 1. The lowest BCUT2D eigenvalue weighted by Crippen LogP contribution is -2.21. The van der Waals surface area contributed by atoms with Gasteiger partial charge in [0.25, 0.3) is 5.56 Å². The predicted octanol–water partition coefficient (Wildman–Crippen LogP) is 4.26. The summed E-state index contributed by atoms with van der Waals surface area (Å²) in [6.07, 6.45) is 1.73. The molecule has 0 fully saturated rings. The maximum atomic E-state index is 13.3. The molecule has 5 nitrogen and oxygen atoms in total. The summed E-state index contributed by atoms with van der Waals surface area (Å²) < 4.78 is 4.29. The normalized spacial score (nSPS) is 11.6. The number of nitrogens with zero attached hydrogens (tertiary/aromatic N) is 4. The molecule has 0 amide bonds. The van der Waals surface area contributed by atoms with Crippen molar-refractivity contribution in [2.45, 2.75) is 6.92 Å². The number of hydrogen-bond acceptors (Lipinski definition) is 3. The van der Waals surface area contributed by atoms with Gasteiger partial charge in [-0.3, -0.25) is 4.79 Å². The van der Waals surface area contributed by atoms with Gasteiger partial charge in [0.2, 0.25) is 0 Å². The highest BCUT2D eigenvalue weighted by molar-refractivity contribution is 9.10. The van der Waals surface area contributed by atoms with Crippen molar-refractivity contribution >= 4 is 43.5 Å². The van der Waals surface area contributed by atoms with E-state index in [0.717, 1.165) is 21.1 Å². The van der Waals surface area contributed by atoms with Gasteiger partial charge >= 0.3 is 0 Å². The largest absolute Gasteiger partial charge is 0.281 e. The van der Waals surface area contributed by atoms with Crippen molar-refractivity contribution < 1.29 is 0 Å². The summed E-state index contributed by atoms with van der Waals surface area (Å²) in [7, 11) is 0. The Morgan fingerprint density at radius 3 is 2.58 bits per heavy atom. The standard InChI is InChI=1S/C20H13BrN4O/c1-12-4-7-14(8-5-12)24-18-15(3-2-10-22-18)19-23-17-9-6-13(21)11-16(17)20(26)25(19)24/h2-11H,1H3. The summed E-state index contributed by atoms with van der Waals surface area (Å²) in [5, 5.41) is 1.41. The second-order valence-corrected chi connectivity index (χ2v) is 7.15. The van der Waals surface area contributed by atoms with Crippen molar-refractivity contribution in [2.24, 2.45) is 0 Å². The van der Waals surface area contributed by atoms with Crippen LogP contribution in [0.1, 0.15) is 5.56 Å². The Balaban J connectivity index is 2.05. The van der Waals surface area contributed by atoms with Crippen molar-refractivity contribution in [3.63, 3.8) is 0 Å². The van der Waals surface area contributed by atoms with Gasteiger partial charge in [0.05, 0.1) is 22.0 Å². The van der Waals surface area contributed by atoms with E-state index in [0.29, 0.717) is 22.2 Å². The molecule has 0 aliphatic carbocycles. The Kier molecular flexibility index (Phi) is 3.24. The lowest BCUT2D eigenvalue weighted by atomic mass is 10.2. The summed E-state index contributed by atoms with van der Waals surface area (Å²) in [5.41, 5.74) is 3.88. The quantitative estimate of drug-likeness (QED) is 0.419. The highest BCUT2D eigenvalue weighted by Crippen LogP contribution is 2.24. The van der Waals surface area contributed by atoms with Gasteiger partial charge in [-0.15, -0.1) is 0 Å².